The lowest BCUT2D eigenvalue weighted by Gasteiger charge is -2.03. The van der Waals surface area contributed by atoms with Crippen LogP contribution in [-0.4, -0.2) is 14.8 Å². The first-order chi connectivity index (χ1) is 11.6. The summed E-state index contributed by atoms with van der Waals surface area (Å²) in [5, 5.41) is 6.20. The minimum absolute atomic E-state index is 0.304. The van der Waals surface area contributed by atoms with Gasteiger partial charge in [-0.15, -0.1) is 11.3 Å². The highest BCUT2D eigenvalue weighted by molar-refractivity contribution is 7.12. The van der Waals surface area contributed by atoms with Crippen LogP contribution in [0.25, 0.3) is 27.2 Å². The predicted octanol–water partition coefficient (Wildman–Crippen LogP) is 3.46. The zero-order valence-electron chi connectivity index (χ0n) is 12.2. The Labute approximate surface area is 144 Å². The average molecular weight is 356 g/mol. The van der Waals surface area contributed by atoms with Crippen LogP contribution in [0, 0.1) is 0 Å². The summed E-state index contributed by atoms with van der Waals surface area (Å²) in [6.07, 6.45) is 0. The van der Waals surface area contributed by atoms with Crippen molar-refractivity contribution in [1.29, 1.82) is 0 Å². The topological polar surface area (TPSA) is 67.8 Å². The second-order valence-electron chi connectivity index (χ2n) is 5.15. The normalized spacial score (nSPS) is 11.0. The number of halogens is 1. The largest absolute Gasteiger partial charge is 0.279 e. The maximum atomic E-state index is 12.6. The maximum Gasteiger partial charge on any atom is 0.279 e. The molecule has 0 fully saturated rings. The lowest BCUT2D eigenvalue weighted by molar-refractivity contribution is 0.795. The lowest BCUT2D eigenvalue weighted by Crippen LogP contribution is -2.28. The molecule has 1 N–H and O–H groups in total. The van der Waals surface area contributed by atoms with E-state index in [9.17, 15) is 9.59 Å². The van der Waals surface area contributed by atoms with E-state index in [1.54, 1.807) is 36.4 Å². The summed E-state index contributed by atoms with van der Waals surface area (Å²) in [7, 11) is 0. The predicted molar refractivity (Wildman–Crippen MR) is 96.3 cm³/mol. The molecular weight excluding hydrogens is 346 g/mol. The molecule has 4 rings (SSSR count). The van der Waals surface area contributed by atoms with Crippen LogP contribution in [0.15, 0.2) is 63.5 Å². The zero-order valence-corrected chi connectivity index (χ0v) is 13.8. The van der Waals surface area contributed by atoms with E-state index in [2.05, 4.69) is 10.1 Å². The SMILES string of the molecule is O=c1[nH]n(-c2nc(-c3ccc(Cl)cc3)cs2)c(=O)c2ccccc12. The Morgan fingerprint density at radius 1 is 1.00 bits per heavy atom. The standard InChI is InChI=1S/C17H10ClN3O2S/c18-11-7-5-10(6-8-11)14-9-24-17(19-14)21-16(23)13-4-2-1-3-12(13)15(22)20-21/h1-9H,(H,20,22). The van der Waals surface area contributed by atoms with Crippen LogP contribution < -0.4 is 11.1 Å². The van der Waals surface area contributed by atoms with Crippen molar-refractivity contribution in [2.45, 2.75) is 0 Å². The van der Waals surface area contributed by atoms with Crippen molar-refractivity contribution in [2.24, 2.45) is 0 Å². The van der Waals surface area contributed by atoms with E-state index in [1.807, 2.05) is 17.5 Å². The molecule has 0 aliphatic carbocycles. The van der Waals surface area contributed by atoms with Gasteiger partial charge in [-0.25, -0.2) is 4.98 Å². The van der Waals surface area contributed by atoms with Gasteiger partial charge in [0.1, 0.15) is 0 Å². The molecule has 2 heterocycles. The van der Waals surface area contributed by atoms with Crippen LogP contribution in [0.4, 0.5) is 0 Å². The summed E-state index contributed by atoms with van der Waals surface area (Å²) in [6.45, 7) is 0. The molecule has 0 unspecified atom stereocenters. The molecule has 0 atom stereocenters. The molecular formula is C17H10ClN3O2S. The Bertz CT molecular complexity index is 1160. The molecule has 0 aliphatic heterocycles. The van der Waals surface area contributed by atoms with E-state index in [-0.39, 0.29) is 11.1 Å². The van der Waals surface area contributed by atoms with Crippen molar-refractivity contribution >= 4 is 33.7 Å². The summed E-state index contributed by atoms with van der Waals surface area (Å²) in [6, 6.07) is 14.0. The number of hydrogen-bond acceptors (Lipinski definition) is 4. The molecule has 0 radical (unpaired) electrons. The van der Waals surface area contributed by atoms with Crippen LogP contribution in [0.5, 0.6) is 0 Å². The molecule has 0 saturated heterocycles. The molecule has 24 heavy (non-hydrogen) atoms. The van der Waals surface area contributed by atoms with Gasteiger partial charge >= 0.3 is 0 Å². The number of hydrogen-bond donors (Lipinski definition) is 1. The maximum absolute atomic E-state index is 12.6. The van der Waals surface area contributed by atoms with Crippen molar-refractivity contribution in [3.05, 3.63) is 79.6 Å². The fraction of sp³-hybridized carbons (Fsp3) is 0. The van der Waals surface area contributed by atoms with E-state index < -0.39 is 0 Å². The molecule has 0 aliphatic rings. The molecule has 2 aromatic carbocycles. The molecule has 2 aromatic heterocycles. The van der Waals surface area contributed by atoms with Crippen molar-refractivity contribution in [2.75, 3.05) is 0 Å². The minimum Gasteiger partial charge on any atom is -0.267 e. The Hall–Kier alpha value is -2.70. The minimum atomic E-state index is -0.326. The van der Waals surface area contributed by atoms with Crippen molar-refractivity contribution in [3.8, 4) is 16.4 Å². The Morgan fingerprint density at radius 2 is 1.71 bits per heavy atom. The van der Waals surface area contributed by atoms with Gasteiger partial charge in [0, 0.05) is 16.0 Å². The van der Waals surface area contributed by atoms with Crippen LogP contribution in [0.3, 0.4) is 0 Å². The van der Waals surface area contributed by atoms with E-state index in [1.165, 1.54) is 16.0 Å². The Morgan fingerprint density at radius 3 is 2.46 bits per heavy atom. The summed E-state index contributed by atoms with van der Waals surface area (Å²) in [5.41, 5.74) is 0.973. The summed E-state index contributed by atoms with van der Waals surface area (Å²) >= 11 is 7.17. The van der Waals surface area contributed by atoms with Gasteiger partial charge in [0.05, 0.1) is 16.5 Å². The highest BCUT2D eigenvalue weighted by atomic mass is 35.5. The quantitative estimate of drug-likeness (QED) is 0.598. The second kappa shape index (κ2) is 5.74. The van der Waals surface area contributed by atoms with Gasteiger partial charge in [0.2, 0.25) is 5.13 Å². The molecule has 0 spiro atoms. The first-order valence-electron chi connectivity index (χ1n) is 7.09. The first-order valence-corrected chi connectivity index (χ1v) is 8.35. The molecule has 118 valence electrons. The summed E-state index contributed by atoms with van der Waals surface area (Å²) in [4.78, 5) is 29.3. The number of thiazole rings is 1. The van der Waals surface area contributed by atoms with E-state index in [0.717, 1.165) is 5.56 Å². The van der Waals surface area contributed by atoms with Crippen molar-refractivity contribution in [3.63, 3.8) is 0 Å². The molecule has 4 aromatic rings. The van der Waals surface area contributed by atoms with Gasteiger partial charge in [0.25, 0.3) is 11.1 Å². The van der Waals surface area contributed by atoms with Gasteiger partial charge in [0.15, 0.2) is 0 Å². The fourth-order valence-corrected chi connectivity index (χ4v) is 3.37. The third-order valence-electron chi connectivity index (χ3n) is 3.64. The summed E-state index contributed by atoms with van der Waals surface area (Å²) in [5.74, 6) is 0. The summed E-state index contributed by atoms with van der Waals surface area (Å²) < 4.78 is 1.19. The number of H-pyrrole nitrogens is 1. The van der Waals surface area contributed by atoms with Crippen molar-refractivity contribution < 1.29 is 0 Å². The molecule has 0 saturated carbocycles. The number of fused-ring (bicyclic) bond motifs is 1. The van der Waals surface area contributed by atoms with Gasteiger partial charge in [-0.2, -0.15) is 4.68 Å². The van der Waals surface area contributed by atoms with E-state index >= 15 is 0 Å². The monoisotopic (exact) mass is 355 g/mol. The Kier molecular flexibility index (Phi) is 3.55. The number of aromatic nitrogens is 3. The molecule has 5 nitrogen and oxygen atoms in total. The average Bonchev–Trinajstić information content (AvgIpc) is 3.08. The van der Waals surface area contributed by atoms with Crippen molar-refractivity contribution in [1.82, 2.24) is 14.8 Å². The molecule has 7 heteroatoms. The molecule has 0 bridgehead atoms. The van der Waals surface area contributed by atoms with Gasteiger partial charge in [-0.1, -0.05) is 35.9 Å². The number of benzene rings is 2. The third-order valence-corrected chi connectivity index (χ3v) is 4.72. The van der Waals surface area contributed by atoms with Gasteiger partial charge in [-0.3, -0.25) is 14.7 Å². The number of nitrogens with zero attached hydrogens (tertiary/aromatic N) is 2. The number of rotatable bonds is 2. The van der Waals surface area contributed by atoms with E-state index in [4.69, 9.17) is 11.6 Å². The number of nitrogens with one attached hydrogen (secondary N) is 1. The van der Waals surface area contributed by atoms with Crippen LogP contribution >= 0.6 is 22.9 Å². The smallest absolute Gasteiger partial charge is 0.267 e. The fourth-order valence-electron chi connectivity index (χ4n) is 2.46. The Balaban J connectivity index is 1.87. The van der Waals surface area contributed by atoms with Gasteiger partial charge < -0.3 is 0 Å². The lowest BCUT2D eigenvalue weighted by atomic mass is 10.2. The van der Waals surface area contributed by atoms with Crippen LogP contribution in [0.2, 0.25) is 5.02 Å². The number of aromatic amines is 1. The first kappa shape index (κ1) is 14.9. The van der Waals surface area contributed by atoms with Crippen LogP contribution in [-0.2, 0) is 0 Å². The van der Waals surface area contributed by atoms with E-state index in [0.29, 0.717) is 26.6 Å². The molecule has 0 amide bonds. The second-order valence-corrected chi connectivity index (χ2v) is 6.42. The third kappa shape index (κ3) is 2.46. The van der Waals surface area contributed by atoms with Gasteiger partial charge in [-0.05, 0) is 24.3 Å². The van der Waals surface area contributed by atoms with Crippen LogP contribution in [0.1, 0.15) is 0 Å². The zero-order chi connectivity index (χ0) is 16.7. The highest BCUT2D eigenvalue weighted by Crippen LogP contribution is 2.24. The highest BCUT2D eigenvalue weighted by Gasteiger charge is 2.12.